The molecule has 0 aliphatic heterocycles. The van der Waals surface area contributed by atoms with Crippen LogP contribution in [0.4, 0.5) is 5.69 Å². The van der Waals surface area contributed by atoms with Gasteiger partial charge in [-0.2, -0.15) is 0 Å². The largest absolute Gasteiger partial charge is 0.330 e. The van der Waals surface area contributed by atoms with Gasteiger partial charge in [-0.25, -0.2) is 9.48 Å². The molecule has 8 nitrogen and oxygen atoms in total. The number of benzene rings is 2. The molecule has 0 saturated carbocycles. The van der Waals surface area contributed by atoms with Crippen molar-refractivity contribution in [1.29, 1.82) is 0 Å². The average molecular weight is 409 g/mol. The van der Waals surface area contributed by atoms with E-state index in [1.165, 1.54) is 9.25 Å². The van der Waals surface area contributed by atoms with Crippen LogP contribution in [0.1, 0.15) is 21.9 Å². The molecule has 0 atom stereocenters. The number of carbonyl (C=O) groups is 1. The van der Waals surface area contributed by atoms with Crippen molar-refractivity contribution in [3.63, 3.8) is 0 Å². The Balaban J connectivity index is 1.62. The molecule has 0 saturated heterocycles. The number of carbonyl (C=O) groups excluding carboxylic acids is 1. The van der Waals surface area contributed by atoms with Gasteiger partial charge < -0.3 is 10.3 Å². The molecular weight excluding hydrogens is 392 g/mol. The molecule has 2 aromatic carbocycles. The molecule has 29 heavy (non-hydrogen) atoms. The molecule has 0 unspecified atom stereocenters. The van der Waals surface area contributed by atoms with Gasteiger partial charge in [0.15, 0.2) is 5.69 Å². The fourth-order valence-electron chi connectivity index (χ4n) is 3.08. The van der Waals surface area contributed by atoms with Crippen LogP contribution < -0.4 is 11.0 Å². The molecule has 4 rings (SSSR count). The summed E-state index contributed by atoms with van der Waals surface area (Å²) in [5.41, 5.74) is 3.08. The molecule has 9 heteroatoms. The van der Waals surface area contributed by atoms with Crippen molar-refractivity contribution in [2.24, 2.45) is 0 Å². The van der Waals surface area contributed by atoms with E-state index in [0.717, 1.165) is 5.69 Å². The molecule has 0 aliphatic rings. The molecule has 2 aromatic heterocycles. The summed E-state index contributed by atoms with van der Waals surface area (Å²) in [4.78, 5) is 27.4. The minimum Gasteiger partial charge on any atom is -0.320 e. The monoisotopic (exact) mass is 408 g/mol. The van der Waals surface area contributed by atoms with E-state index < -0.39 is 5.91 Å². The van der Waals surface area contributed by atoms with Gasteiger partial charge in [0.05, 0.1) is 22.1 Å². The second-order valence-corrected chi connectivity index (χ2v) is 6.87. The number of hydrogen-bond acceptors (Lipinski definition) is 4. The van der Waals surface area contributed by atoms with E-state index in [9.17, 15) is 9.59 Å². The minimum atomic E-state index is -0.406. The summed E-state index contributed by atoms with van der Waals surface area (Å²) < 4.78 is 3.05. The highest BCUT2D eigenvalue weighted by atomic mass is 35.5. The number of halogens is 1. The first-order valence-corrected chi connectivity index (χ1v) is 9.19. The first-order valence-electron chi connectivity index (χ1n) is 8.81. The van der Waals surface area contributed by atoms with Gasteiger partial charge in [-0.05, 0) is 44.2 Å². The van der Waals surface area contributed by atoms with Crippen molar-refractivity contribution in [3.05, 3.63) is 87.3 Å². The van der Waals surface area contributed by atoms with Crippen molar-refractivity contribution in [1.82, 2.24) is 24.5 Å². The summed E-state index contributed by atoms with van der Waals surface area (Å²) in [5, 5.41) is 11.4. The van der Waals surface area contributed by atoms with Crippen LogP contribution in [0.25, 0.3) is 11.4 Å². The highest BCUT2D eigenvalue weighted by molar-refractivity contribution is 6.32. The summed E-state index contributed by atoms with van der Waals surface area (Å²) in [6.07, 6.45) is 1.63. The molecule has 0 aliphatic carbocycles. The van der Waals surface area contributed by atoms with E-state index in [1.54, 1.807) is 49.5 Å². The molecular formula is C20H17ClN6O2. The third-order valence-corrected chi connectivity index (χ3v) is 4.83. The van der Waals surface area contributed by atoms with Crippen molar-refractivity contribution in [2.45, 2.75) is 13.8 Å². The lowest BCUT2D eigenvalue weighted by Gasteiger charge is -2.09. The van der Waals surface area contributed by atoms with Crippen LogP contribution in [0, 0.1) is 13.8 Å². The maximum absolute atomic E-state index is 12.8. The van der Waals surface area contributed by atoms with Gasteiger partial charge in [0.1, 0.15) is 0 Å². The quantitative estimate of drug-likeness (QED) is 0.541. The zero-order chi connectivity index (χ0) is 20.5. The van der Waals surface area contributed by atoms with Crippen LogP contribution >= 0.6 is 11.6 Å². The summed E-state index contributed by atoms with van der Waals surface area (Å²) in [6.45, 7) is 3.57. The van der Waals surface area contributed by atoms with E-state index in [1.807, 2.05) is 19.1 Å². The molecule has 0 fully saturated rings. The maximum atomic E-state index is 12.8. The Hall–Kier alpha value is -3.65. The van der Waals surface area contributed by atoms with Crippen LogP contribution in [0.2, 0.25) is 5.02 Å². The van der Waals surface area contributed by atoms with E-state index in [4.69, 9.17) is 11.6 Å². The highest BCUT2D eigenvalue weighted by Crippen LogP contribution is 2.22. The van der Waals surface area contributed by atoms with E-state index in [0.29, 0.717) is 27.8 Å². The molecule has 1 amide bonds. The highest BCUT2D eigenvalue weighted by Gasteiger charge is 2.19. The van der Waals surface area contributed by atoms with E-state index >= 15 is 0 Å². The van der Waals surface area contributed by atoms with Gasteiger partial charge in [0, 0.05) is 17.6 Å². The van der Waals surface area contributed by atoms with Crippen LogP contribution in [0.3, 0.4) is 0 Å². The first kappa shape index (κ1) is 18.7. The van der Waals surface area contributed by atoms with Crippen molar-refractivity contribution >= 4 is 23.2 Å². The minimum absolute atomic E-state index is 0.185. The van der Waals surface area contributed by atoms with Crippen molar-refractivity contribution in [2.75, 3.05) is 5.32 Å². The molecule has 0 spiro atoms. The molecule has 0 bridgehead atoms. The summed E-state index contributed by atoms with van der Waals surface area (Å²) in [7, 11) is 0. The Morgan fingerprint density at radius 2 is 1.93 bits per heavy atom. The van der Waals surface area contributed by atoms with Crippen LogP contribution in [-0.2, 0) is 0 Å². The second kappa shape index (κ2) is 7.40. The number of anilines is 1. The number of para-hydroxylation sites is 1. The number of aryl methyl sites for hydroxylation is 1. The Bertz CT molecular complexity index is 1270. The number of imidazole rings is 1. The van der Waals surface area contributed by atoms with Gasteiger partial charge >= 0.3 is 5.69 Å². The number of amides is 1. The standard InChI is InChI=1S/C20H17ClN6O2/c1-12-11-22-20(29)26(12)15-7-5-6-14(10-15)23-19(28)18-13(2)27(25-24-18)17-9-4-3-8-16(17)21/h3-11H,1-2H3,(H,22,29)(H,23,28). The van der Waals surface area contributed by atoms with Gasteiger partial charge in [-0.3, -0.25) is 9.36 Å². The molecule has 4 aromatic rings. The molecule has 146 valence electrons. The van der Waals surface area contributed by atoms with E-state index in [-0.39, 0.29) is 11.4 Å². The number of H-pyrrole nitrogens is 1. The van der Waals surface area contributed by atoms with Crippen molar-refractivity contribution in [3.8, 4) is 11.4 Å². The third-order valence-electron chi connectivity index (χ3n) is 4.51. The lowest BCUT2D eigenvalue weighted by Crippen LogP contribution is -2.17. The fourth-order valence-corrected chi connectivity index (χ4v) is 3.30. The van der Waals surface area contributed by atoms with Crippen molar-refractivity contribution < 1.29 is 4.79 Å². The average Bonchev–Trinajstić information content (AvgIpc) is 3.24. The van der Waals surface area contributed by atoms with Gasteiger partial charge in [0.25, 0.3) is 5.91 Å². The third kappa shape index (κ3) is 3.45. The number of aromatic nitrogens is 5. The number of aromatic amines is 1. The van der Waals surface area contributed by atoms with Crippen LogP contribution in [-0.4, -0.2) is 30.5 Å². The fraction of sp³-hybridized carbons (Fsp3) is 0.100. The Kier molecular flexibility index (Phi) is 4.77. The summed E-state index contributed by atoms with van der Waals surface area (Å²) in [6, 6.07) is 14.2. The Morgan fingerprint density at radius 3 is 2.66 bits per heavy atom. The SMILES string of the molecule is Cc1c(C(=O)Nc2cccc(-n3c(C)c[nH]c3=O)c2)nnn1-c1ccccc1Cl. The Labute approximate surface area is 170 Å². The predicted molar refractivity (Wildman–Crippen MR) is 110 cm³/mol. The zero-order valence-electron chi connectivity index (χ0n) is 15.7. The topological polar surface area (TPSA) is 97.6 Å². The van der Waals surface area contributed by atoms with Gasteiger partial charge in [-0.1, -0.05) is 35.0 Å². The maximum Gasteiger partial charge on any atom is 0.330 e. The zero-order valence-corrected chi connectivity index (χ0v) is 16.4. The van der Waals surface area contributed by atoms with E-state index in [2.05, 4.69) is 20.6 Å². The lowest BCUT2D eigenvalue weighted by molar-refractivity contribution is 0.102. The predicted octanol–water partition coefficient (Wildman–Crippen LogP) is 3.27. The van der Waals surface area contributed by atoms with Crippen LogP contribution in [0.15, 0.2) is 59.5 Å². The van der Waals surface area contributed by atoms with Gasteiger partial charge in [0.2, 0.25) is 0 Å². The normalized spacial score (nSPS) is 10.9. The first-order chi connectivity index (χ1) is 14.0. The second-order valence-electron chi connectivity index (χ2n) is 6.46. The Morgan fingerprint density at radius 1 is 1.14 bits per heavy atom. The number of nitrogens with one attached hydrogen (secondary N) is 2. The number of hydrogen-bond donors (Lipinski definition) is 2. The van der Waals surface area contributed by atoms with Gasteiger partial charge in [-0.15, -0.1) is 5.10 Å². The number of nitrogens with zero attached hydrogens (tertiary/aromatic N) is 4. The van der Waals surface area contributed by atoms with Crippen LogP contribution in [0.5, 0.6) is 0 Å². The summed E-state index contributed by atoms with van der Waals surface area (Å²) in [5.74, 6) is -0.406. The number of rotatable bonds is 4. The molecule has 2 heterocycles. The smallest absolute Gasteiger partial charge is 0.320 e. The molecule has 0 radical (unpaired) electrons. The lowest BCUT2D eigenvalue weighted by atomic mass is 10.2. The molecule has 2 N–H and O–H groups in total. The summed E-state index contributed by atoms with van der Waals surface area (Å²) >= 11 is 6.22.